The van der Waals surface area contributed by atoms with Gasteiger partial charge in [0, 0.05) is 5.02 Å². The number of carbonyl (C=O) groups excluding carboxylic acids is 1. The van der Waals surface area contributed by atoms with Crippen molar-refractivity contribution >= 4 is 40.9 Å². The minimum Gasteiger partial charge on any atom is -0.507 e. The Morgan fingerprint density at radius 1 is 1.05 bits per heavy atom. The molecule has 0 heterocycles. The minimum atomic E-state index is -0.102. The van der Waals surface area contributed by atoms with E-state index in [1.165, 1.54) is 18.2 Å². The first-order valence-corrected chi connectivity index (χ1v) is 6.01. The first-order chi connectivity index (χ1) is 9.10. The van der Waals surface area contributed by atoms with Crippen molar-refractivity contribution in [1.82, 2.24) is 0 Å². The molecule has 0 aromatic heterocycles. The number of aldehydes is 1. The second-order valence-electron chi connectivity index (χ2n) is 3.66. The Bertz CT molecular complexity index is 657. The van der Waals surface area contributed by atoms with Gasteiger partial charge in [-0.25, -0.2) is 0 Å². The molecule has 0 atom stereocenters. The maximum atomic E-state index is 10.7. The summed E-state index contributed by atoms with van der Waals surface area (Å²) in [5.74, 6) is -0.102. The van der Waals surface area contributed by atoms with Crippen molar-refractivity contribution in [3.05, 3.63) is 52.0 Å². The summed E-state index contributed by atoms with van der Waals surface area (Å²) in [6, 6.07) is 9.17. The molecule has 0 bridgehead atoms. The molecule has 2 aromatic rings. The van der Waals surface area contributed by atoms with Gasteiger partial charge in [-0.3, -0.25) is 4.79 Å². The number of hydrogen-bond donors (Lipinski definition) is 1. The quantitative estimate of drug-likeness (QED) is 0.644. The highest BCUT2D eigenvalue weighted by Gasteiger charge is 2.02. The number of hydrogen-bond acceptors (Lipinski definition) is 4. The van der Waals surface area contributed by atoms with Crippen LogP contribution in [0.3, 0.4) is 0 Å². The van der Waals surface area contributed by atoms with Crippen molar-refractivity contribution in [3.63, 3.8) is 0 Å². The Balaban J connectivity index is 2.32. The summed E-state index contributed by atoms with van der Waals surface area (Å²) in [4.78, 5) is 10.7. The Kier molecular flexibility index (Phi) is 4.14. The van der Waals surface area contributed by atoms with Crippen LogP contribution in [0.4, 0.5) is 11.4 Å². The summed E-state index contributed by atoms with van der Waals surface area (Å²) in [7, 11) is 0. The highest BCUT2D eigenvalue weighted by Crippen LogP contribution is 2.30. The van der Waals surface area contributed by atoms with E-state index < -0.39 is 0 Å². The normalized spacial score (nSPS) is 10.8. The molecule has 0 saturated heterocycles. The molecule has 6 heteroatoms. The van der Waals surface area contributed by atoms with E-state index in [2.05, 4.69) is 10.2 Å². The van der Waals surface area contributed by atoms with Crippen LogP contribution in [0.25, 0.3) is 0 Å². The molecule has 0 amide bonds. The maximum absolute atomic E-state index is 10.7. The van der Waals surface area contributed by atoms with E-state index >= 15 is 0 Å². The number of phenolic OH excluding ortho intramolecular Hbond substituents is 1. The average Bonchev–Trinajstić information content (AvgIpc) is 2.41. The van der Waals surface area contributed by atoms with E-state index in [1.54, 1.807) is 18.2 Å². The van der Waals surface area contributed by atoms with Crippen LogP contribution < -0.4 is 0 Å². The molecular weight excluding hydrogens is 287 g/mol. The molecule has 19 heavy (non-hydrogen) atoms. The van der Waals surface area contributed by atoms with E-state index in [-0.39, 0.29) is 11.3 Å². The van der Waals surface area contributed by atoms with Gasteiger partial charge in [0.15, 0.2) is 6.29 Å². The fourth-order valence-electron chi connectivity index (χ4n) is 1.37. The van der Waals surface area contributed by atoms with Gasteiger partial charge < -0.3 is 5.11 Å². The van der Waals surface area contributed by atoms with E-state index in [9.17, 15) is 9.90 Å². The highest BCUT2D eigenvalue weighted by molar-refractivity contribution is 6.35. The molecule has 4 nitrogen and oxygen atoms in total. The zero-order valence-corrected chi connectivity index (χ0v) is 11.1. The SMILES string of the molecule is O=Cc1cc(N=Nc2cc(Cl)ccc2Cl)ccc1O. The van der Waals surface area contributed by atoms with Gasteiger partial charge in [0.1, 0.15) is 11.4 Å². The number of halogens is 2. The zero-order valence-electron chi connectivity index (χ0n) is 9.55. The summed E-state index contributed by atoms with van der Waals surface area (Å²) in [5, 5.41) is 18.2. The van der Waals surface area contributed by atoms with Gasteiger partial charge in [0.05, 0.1) is 16.3 Å². The number of rotatable bonds is 3. The third-order valence-corrected chi connectivity index (χ3v) is 2.87. The third-order valence-electron chi connectivity index (χ3n) is 2.32. The molecule has 96 valence electrons. The number of benzene rings is 2. The van der Waals surface area contributed by atoms with Crippen LogP contribution in [0, 0.1) is 0 Å². The summed E-state index contributed by atoms with van der Waals surface area (Å²) in [6.45, 7) is 0. The largest absolute Gasteiger partial charge is 0.507 e. The molecule has 0 aliphatic rings. The van der Waals surface area contributed by atoms with Gasteiger partial charge in [-0.15, -0.1) is 5.11 Å². The second kappa shape index (κ2) is 5.82. The summed E-state index contributed by atoms with van der Waals surface area (Å²) < 4.78 is 0. The van der Waals surface area contributed by atoms with Crippen molar-refractivity contribution in [3.8, 4) is 5.75 Å². The molecular formula is C13H8Cl2N2O2. The smallest absolute Gasteiger partial charge is 0.153 e. The fraction of sp³-hybridized carbons (Fsp3) is 0. The van der Waals surface area contributed by atoms with Crippen molar-refractivity contribution < 1.29 is 9.90 Å². The van der Waals surface area contributed by atoms with Crippen molar-refractivity contribution in [2.75, 3.05) is 0 Å². The van der Waals surface area contributed by atoms with Gasteiger partial charge in [0.2, 0.25) is 0 Å². The molecule has 1 N–H and O–H groups in total. The first kappa shape index (κ1) is 13.5. The lowest BCUT2D eigenvalue weighted by Crippen LogP contribution is -1.79. The standard InChI is InChI=1S/C13H8Cl2N2O2/c14-9-1-3-11(15)12(6-9)17-16-10-2-4-13(19)8(5-10)7-18/h1-7,19H. The van der Waals surface area contributed by atoms with Crippen LogP contribution >= 0.6 is 23.2 Å². The topological polar surface area (TPSA) is 62.0 Å². The lowest BCUT2D eigenvalue weighted by Gasteiger charge is -1.99. The first-order valence-electron chi connectivity index (χ1n) is 5.25. The molecule has 0 radical (unpaired) electrons. The number of phenols is 1. The number of aromatic hydroxyl groups is 1. The maximum Gasteiger partial charge on any atom is 0.153 e. The lowest BCUT2D eigenvalue weighted by atomic mass is 10.2. The predicted octanol–water partition coefficient (Wildman–Crippen LogP) is 4.93. The molecule has 0 saturated carbocycles. The summed E-state index contributed by atoms with van der Waals surface area (Å²) >= 11 is 11.8. The number of carbonyl (C=O) groups is 1. The van der Waals surface area contributed by atoms with Crippen LogP contribution in [0.1, 0.15) is 10.4 Å². The molecule has 0 unspecified atom stereocenters. The van der Waals surface area contributed by atoms with Crippen LogP contribution in [0.2, 0.25) is 10.0 Å². The van der Waals surface area contributed by atoms with Crippen molar-refractivity contribution in [1.29, 1.82) is 0 Å². The third kappa shape index (κ3) is 3.30. The predicted molar refractivity (Wildman–Crippen MR) is 74.1 cm³/mol. The number of azo groups is 1. The fourth-order valence-corrected chi connectivity index (χ4v) is 1.69. The zero-order chi connectivity index (χ0) is 13.8. The Hall–Kier alpha value is -1.91. The van der Waals surface area contributed by atoms with Gasteiger partial charge in [0.25, 0.3) is 0 Å². The molecule has 0 spiro atoms. The number of nitrogens with zero attached hydrogens (tertiary/aromatic N) is 2. The monoisotopic (exact) mass is 294 g/mol. The molecule has 0 aliphatic carbocycles. The van der Waals surface area contributed by atoms with E-state index in [0.717, 1.165) is 0 Å². The van der Waals surface area contributed by atoms with E-state index in [4.69, 9.17) is 23.2 Å². The molecule has 2 aromatic carbocycles. The lowest BCUT2D eigenvalue weighted by molar-refractivity contribution is 0.112. The van der Waals surface area contributed by atoms with Crippen molar-refractivity contribution in [2.45, 2.75) is 0 Å². The van der Waals surface area contributed by atoms with Gasteiger partial charge in [-0.1, -0.05) is 23.2 Å². The van der Waals surface area contributed by atoms with Crippen LogP contribution in [0.15, 0.2) is 46.6 Å². The van der Waals surface area contributed by atoms with Crippen molar-refractivity contribution in [2.24, 2.45) is 10.2 Å². The highest BCUT2D eigenvalue weighted by atomic mass is 35.5. The van der Waals surface area contributed by atoms with Gasteiger partial charge >= 0.3 is 0 Å². The second-order valence-corrected chi connectivity index (χ2v) is 4.50. The minimum absolute atomic E-state index is 0.102. The Labute approximate surface area is 119 Å². The van der Waals surface area contributed by atoms with Crippen LogP contribution in [-0.2, 0) is 0 Å². The van der Waals surface area contributed by atoms with Gasteiger partial charge in [-0.05, 0) is 36.4 Å². The summed E-state index contributed by atoms with van der Waals surface area (Å²) in [6.07, 6.45) is 0.542. The van der Waals surface area contributed by atoms with E-state index in [1.807, 2.05) is 0 Å². The molecule has 0 fully saturated rings. The van der Waals surface area contributed by atoms with Gasteiger partial charge in [-0.2, -0.15) is 5.11 Å². The van der Waals surface area contributed by atoms with Crippen LogP contribution in [-0.4, -0.2) is 11.4 Å². The molecule has 2 rings (SSSR count). The van der Waals surface area contributed by atoms with Crippen LogP contribution in [0.5, 0.6) is 5.75 Å². The molecule has 0 aliphatic heterocycles. The average molecular weight is 295 g/mol. The summed E-state index contributed by atoms with van der Waals surface area (Å²) in [5.41, 5.74) is 1.000. The Morgan fingerprint density at radius 3 is 2.58 bits per heavy atom. The van der Waals surface area contributed by atoms with E-state index in [0.29, 0.717) is 27.7 Å². The Morgan fingerprint density at radius 2 is 1.84 bits per heavy atom.